The quantitative estimate of drug-likeness (QED) is 0.565. The standard InChI is InChI=1S/C8H18N2O2/c1-8(2,9-3)7(11)10-5-6-12-4/h9H,5-6H2,1-4H3,(H,10,11). The van der Waals surface area contributed by atoms with E-state index in [1.807, 2.05) is 13.8 Å². The maximum Gasteiger partial charge on any atom is 0.239 e. The summed E-state index contributed by atoms with van der Waals surface area (Å²) in [6, 6.07) is 0. The third-order valence-electron chi connectivity index (χ3n) is 1.78. The highest BCUT2D eigenvalue weighted by atomic mass is 16.5. The lowest BCUT2D eigenvalue weighted by molar-refractivity contribution is -0.126. The van der Waals surface area contributed by atoms with Gasteiger partial charge >= 0.3 is 0 Å². The van der Waals surface area contributed by atoms with E-state index in [2.05, 4.69) is 10.6 Å². The third kappa shape index (κ3) is 3.69. The van der Waals surface area contributed by atoms with Crippen LogP contribution < -0.4 is 10.6 Å². The largest absolute Gasteiger partial charge is 0.383 e. The maximum absolute atomic E-state index is 11.3. The van der Waals surface area contributed by atoms with Crippen molar-refractivity contribution in [2.45, 2.75) is 19.4 Å². The molecule has 0 saturated carbocycles. The predicted molar refractivity (Wildman–Crippen MR) is 48.0 cm³/mol. The number of amides is 1. The van der Waals surface area contributed by atoms with Crippen molar-refractivity contribution in [2.24, 2.45) is 0 Å². The van der Waals surface area contributed by atoms with Gasteiger partial charge in [-0.2, -0.15) is 0 Å². The predicted octanol–water partition coefficient (Wildman–Crippen LogP) is -0.253. The summed E-state index contributed by atoms with van der Waals surface area (Å²) >= 11 is 0. The van der Waals surface area contributed by atoms with Crippen LogP contribution in [0.25, 0.3) is 0 Å². The minimum Gasteiger partial charge on any atom is -0.383 e. The van der Waals surface area contributed by atoms with Crippen molar-refractivity contribution in [3.05, 3.63) is 0 Å². The molecule has 0 aliphatic carbocycles. The fraction of sp³-hybridized carbons (Fsp3) is 0.875. The van der Waals surface area contributed by atoms with Gasteiger partial charge in [0.05, 0.1) is 12.1 Å². The Morgan fingerprint density at radius 1 is 1.50 bits per heavy atom. The summed E-state index contributed by atoms with van der Waals surface area (Å²) < 4.78 is 4.80. The first-order valence-electron chi connectivity index (χ1n) is 4.00. The molecule has 0 aliphatic rings. The fourth-order valence-electron chi connectivity index (χ4n) is 0.601. The van der Waals surface area contributed by atoms with Crippen molar-refractivity contribution in [1.29, 1.82) is 0 Å². The smallest absolute Gasteiger partial charge is 0.239 e. The average Bonchev–Trinajstić information content (AvgIpc) is 2.05. The molecule has 0 aromatic carbocycles. The lowest BCUT2D eigenvalue weighted by atomic mass is 10.1. The van der Waals surface area contributed by atoms with Crippen LogP contribution in [-0.2, 0) is 9.53 Å². The lowest BCUT2D eigenvalue weighted by Gasteiger charge is -2.22. The highest BCUT2D eigenvalue weighted by Crippen LogP contribution is 1.99. The molecule has 72 valence electrons. The number of carbonyl (C=O) groups excluding carboxylic acids is 1. The van der Waals surface area contributed by atoms with E-state index in [-0.39, 0.29) is 5.91 Å². The van der Waals surface area contributed by atoms with Crippen LogP contribution in [0, 0.1) is 0 Å². The average molecular weight is 174 g/mol. The number of methoxy groups -OCH3 is 1. The summed E-state index contributed by atoms with van der Waals surface area (Å²) in [5.41, 5.74) is -0.506. The van der Waals surface area contributed by atoms with E-state index in [1.54, 1.807) is 14.2 Å². The summed E-state index contributed by atoms with van der Waals surface area (Å²) in [5, 5.41) is 5.66. The number of nitrogens with one attached hydrogen (secondary N) is 2. The molecule has 0 heterocycles. The van der Waals surface area contributed by atoms with Crippen LogP contribution in [0.3, 0.4) is 0 Å². The molecule has 0 atom stereocenters. The molecule has 0 bridgehead atoms. The fourth-order valence-corrected chi connectivity index (χ4v) is 0.601. The molecule has 0 fully saturated rings. The van der Waals surface area contributed by atoms with E-state index < -0.39 is 5.54 Å². The number of hydrogen-bond donors (Lipinski definition) is 2. The van der Waals surface area contributed by atoms with Crippen molar-refractivity contribution in [3.8, 4) is 0 Å². The summed E-state index contributed by atoms with van der Waals surface area (Å²) in [5.74, 6) is -0.0120. The molecule has 4 nitrogen and oxygen atoms in total. The second-order valence-electron chi connectivity index (χ2n) is 3.12. The van der Waals surface area contributed by atoms with Crippen molar-refractivity contribution >= 4 is 5.91 Å². The van der Waals surface area contributed by atoms with Gasteiger partial charge in [-0.05, 0) is 20.9 Å². The zero-order valence-corrected chi connectivity index (χ0v) is 8.23. The molecule has 0 spiro atoms. The molecular weight excluding hydrogens is 156 g/mol. The molecule has 1 amide bonds. The summed E-state index contributed by atoms with van der Waals surface area (Å²) in [6.45, 7) is 4.76. The van der Waals surface area contributed by atoms with E-state index in [4.69, 9.17) is 4.74 Å². The Kier molecular flexibility index (Phi) is 4.85. The van der Waals surface area contributed by atoms with Crippen molar-refractivity contribution in [3.63, 3.8) is 0 Å². The molecule has 0 aliphatic heterocycles. The molecule has 12 heavy (non-hydrogen) atoms. The summed E-state index contributed by atoms with van der Waals surface area (Å²) in [6.07, 6.45) is 0. The van der Waals surface area contributed by atoms with Gasteiger partial charge in [0, 0.05) is 13.7 Å². The van der Waals surface area contributed by atoms with Crippen molar-refractivity contribution < 1.29 is 9.53 Å². The van der Waals surface area contributed by atoms with Gasteiger partial charge in [-0.25, -0.2) is 0 Å². The van der Waals surface area contributed by atoms with Crippen LogP contribution in [-0.4, -0.2) is 38.8 Å². The molecule has 0 saturated heterocycles. The minimum atomic E-state index is -0.506. The number of rotatable bonds is 5. The Morgan fingerprint density at radius 2 is 2.08 bits per heavy atom. The zero-order valence-electron chi connectivity index (χ0n) is 8.23. The van der Waals surface area contributed by atoms with E-state index in [9.17, 15) is 4.79 Å². The van der Waals surface area contributed by atoms with Crippen LogP contribution in [0.2, 0.25) is 0 Å². The van der Waals surface area contributed by atoms with Crippen LogP contribution >= 0.6 is 0 Å². The number of ether oxygens (including phenoxy) is 1. The zero-order chi connectivity index (χ0) is 9.61. The molecular formula is C8H18N2O2. The van der Waals surface area contributed by atoms with Crippen LogP contribution in [0.5, 0.6) is 0 Å². The van der Waals surface area contributed by atoms with Gasteiger partial charge in [0.25, 0.3) is 0 Å². The third-order valence-corrected chi connectivity index (χ3v) is 1.78. The Labute approximate surface area is 73.7 Å². The first-order valence-corrected chi connectivity index (χ1v) is 4.00. The molecule has 2 N–H and O–H groups in total. The molecule has 0 aromatic rings. The molecule has 4 heteroatoms. The molecule has 0 rings (SSSR count). The summed E-state index contributed by atoms with van der Waals surface area (Å²) in [4.78, 5) is 11.3. The highest BCUT2D eigenvalue weighted by Gasteiger charge is 2.24. The van der Waals surface area contributed by atoms with Gasteiger partial charge in [0.2, 0.25) is 5.91 Å². The summed E-state index contributed by atoms with van der Waals surface area (Å²) in [7, 11) is 3.37. The minimum absolute atomic E-state index is 0.0120. The number of carbonyl (C=O) groups is 1. The number of hydrogen-bond acceptors (Lipinski definition) is 3. The van der Waals surface area contributed by atoms with E-state index >= 15 is 0 Å². The Hall–Kier alpha value is -0.610. The van der Waals surface area contributed by atoms with Gasteiger partial charge in [-0.15, -0.1) is 0 Å². The van der Waals surface area contributed by atoms with Gasteiger partial charge in [0.1, 0.15) is 0 Å². The van der Waals surface area contributed by atoms with Crippen LogP contribution in [0.4, 0.5) is 0 Å². The lowest BCUT2D eigenvalue weighted by Crippen LogP contribution is -2.51. The molecule has 0 aromatic heterocycles. The Morgan fingerprint density at radius 3 is 2.50 bits per heavy atom. The Bertz CT molecular complexity index is 146. The maximum atomic E-state index is 11.3. The van der Waals surface area contributed by atoms with Gasteiger partial charge in [-0.3, -0.25) is 4.79 Å². The normalized spacial score (nSPS) is 11.3. The highest BCUT2D eigenvalue weighted by molar-refractivity contribution is 5.85. The molecule has 0 radical (unpaired) electrons. The van der Waals surface area contributed by atoms with E-state index in [0.717, 1.165) is 0 Å². The Balaban J connectivity index is 3.72. The van der Waals surface area contributed by atoms with Gasteiger partial charge < -0.3 is 15.4 Å². The van der Waals surface area contributed by atoms with E-state index in [1.165, 1.54) is 0 Å². The van der Waals surface area contributed by atoms with Crippen LogP contribution in [0.15, 0.2) is 0 Å². The molecule has 0 unspecified atom stereocenters. The van der Waals surface area contributed by atoms with Crippen LogP contribution in [0.1, 0.15) is 13.8 Å². The first-order chi connectivity index (χ1) is 5.54. The first kappa shape index (κ1) is 11.4. The topological polar surface area (TPSA) is 50.4 Å². The second-order valence-corrected chi connectivity index (χ2v) is 3.12. The second kappa shape index (κ2) is 5.11. The SMILES string of the molecule is CNC(C)(C)C(=O)NCCOC. The van der Waals surface area contributed by atoms with Crippen molar-refractivity contribution in [1.82, 2.24) is 10.6 Å². The monoisotopic (exact) mass is 174 g/mol. The van der Waals surface area contributed by atoms with E-state index in [0.29, 0.717) is 13.2 Å². The van der Waals surface area contributed by atoms with Gasteiger partial charge in [0.15, 0.2) is 0 Å². The van der Waals surface area contributed by atoms with Crippen molar-refractivity contribution in [2.75, 3.05) is 27.3 Å². The van der Waals surface area contributed by atoms with Gasteiger partial charge in [-0.1, -0.05) is 0 Å². The number of likely N-dealkylation sites (N-methyl/N-ethyl adjacent to an activating group) is 1.